The molecular weight excluding hydrogens is 416 g/mol. The number of aromatic amines is 1. The Kier molecular flexibility index (Phi) is 5.30. The fourth-order valence-electron chi connectivity index (χ4n) is 4.22. The Morgan fingerprint density at radius 2 is 1.91 bits per heavy atom. The number of hydrogen-bond acceptors (Lipinski definition) is 5. The number of imidazole rings is 1. The standard InChI is InChI=1S/C26H24N4O3/c1-15-28-23-8-4-7-21(24(23)29-15)26(31)33-14-16-9-12-19(22(13-16)17-10-11-17)18-5-2-3-6-20(18)25(27)30-32/h2-9,12-13,17,32H,10-11,14H2,1H3,(H2,27,30)(H,28,29). The molecule has 1 saturated carbocycles. The maximum atomic E-state index is 12.8. The number of rotatable bonds is 6. The summed E-state index contributed by atoms with van der Waals surface area (Å²) < 4.78 is 5.65. The van der Waals surface area contributed by atoms with Crippen LogP contribution < -0.4 is 5.73 Å². The number of benzene rings is 3. The molecule has 0 amide bonds. The minimum atomic E-state index is -0.401. The van der Waals surface area contributed by atoms with Crippen LogP contribution in [0, 0.1) is 6.92 Å². The van der Waals surface area contributed by atoms with Crippen LogP contribution in [-0.4, -0.2) is 27.0 Å². The fraction of sp³-hybridized carbons (Fsp3) is 0.192. The number of nitrogens with zero attached hydrogens (tertiary/aromatic N) is 2. The van der Waals surface area contributed by atoms with Gasteiger partial charge in [-0.25, -0.2) is 9.78 Å². The van der Waals surface area contributed by atoms with E-state index in [1.807, 2.05) is 55.5 Å². The third-order valence-electron chi connectivity index (χ3n) is 5.96. The van der Waals surface area contributed by atoms with Crippen molar-refractivity contribution in [2.24, 2.45) is 10.9 Å². The van der Waals surface area contributed by atoms with Crippen molar-refractivity contribution in [1.29, 1.82) is 0 Å². The van der Waals surface area contributed by atoms with Crippen LogP contribution >= 0.6 is 0 Å². The van der Waals surface area contributed by atoms with Crippen molar-refractivity contribution in [3.63, 3.8) is 0 Å². The van der Waals surface area contributed by atoms with Crippen LogP contribution in [0.4, 0.5) is 0 Å². The molecule has 0 saturated heterocycles. The van der Waals surface area contributed by atoms with Crippen LogP contribution in [-0.2, 0) is 11.3 Å². The average molecular weight is 441 g/mol. The lowest BCUT2D eigenvalue weighted by atomic mass is 9.91. The second-order valence-corrected chi connectivity index (χ2v) is 8.33. The van der Waals surface area contributed by atoms with E-state index in [0.29, 0.717) is 22.6 Å². The van der Waals surface area contributed by atoms with Gasteiger partial charge in [0.05, 0.1) is 11.1 Å². The van der Waals surface area contributed by atoms with E-state index < -0.39 is 5.97 Å². The number of H-pyrrole nitrogens is 1. The van der Waals surface area contributed by atoms with Crippen LogP contribution in [0.25, 0.3) is 22.2 Å². The minimum absolute atomic E-state index is 0.0770. The Bertz CT molecular complexity index is 1390. The summed E-state index contributed by atoms with van der Waals surface area (Å²) in [5.74, 6) is 0.883. The summed E-state index contributed by atoms with van der Waals surface area (Å²) in [6.07, 6.45) is 2.23. The number of esters is 1. The van der Waals surface area contributed by atoms with E-state index in [2.05, 4.69) is 21.2 Å². The largest absolute Gasteiger partial charge is 0.457 e. The molecule has 3 aromatic carbocycles. The maximum absolute atomic E-state index is 12.8. The van der Waals surface area contributed by atoms with E-state index in [0.717, 1.165) is 40.9 Å². The van der Waals surface area contributed by atoms with Crippen molar-refractivity contribution < 1.29 is 14.7 Å². The van der Waals surface area contributed by atoms with E-state index >= 15 is 0 Å². The van der Waals surface area contributed by atoms with E-state index in [1.165, 1.54) is 5.56 Å². The lowest BCUT2D eigenvalue weighted by Gasteiger charge is -2.15. The number of fused-ring (bicyclic) bond motifs is 1. The van der Waals surface area contributed by atoms with Gasteiger partial charge in [0.2, 0.25) is 0 Å². The first kappa shape index (κ1) is 20.8. The summed E-state index contributed by atoms with van der Waals surface area (Å²) in [4.78, 5) is 20.3. The smallest absolute Gasteiger partial charge is 0.340 e. The number of oxime groups is 1. The predicted octanol–water partition coefficient (Wildman–Crippen LogP) is 4.87. The Morgan fingerprint density at radius 3 is 2.70 bits per heavy atom. The topological polar surface area (TPSA) is 114 Å². The predicted molar refractivity (Wildman–Crippen MR) is 126 cm³/mol. The number of carbonyl (C=O) groups is 1. The quantitative estimate of drug-likeness (QED) is 0.130. The number of carbonyl (C=O) groups excluding carboxylic acids is 1. The maximum Gasteiger partial charge on any atom is 0.340 e. The molecule has 166 valence electrons. The first-order chi connectivity index (χ1) is 16.0. The summed E-state index contributed by atoms with van der Waals surface area (Å²) in [5.41, 5.74) is 12.5. The third kappa shape index (κ3) is 4.05. The Hall–Kier alpha value is -4.13. The number of nitrogens with two attached hydrogens (primary N) is 1. The van der Waals surface area contributed by atoms with Crippen LogP contribution in [0.2, 0.25) is 0 Å². The molecule has 7 heteroatoms. The lowest BCUT2D eigenvalue weighted by Crippen LogP contribution is -2.14. The minimum Gasteiger partial charge on any atom is -0.457 e. The van der Waals surface area contributed by atoms with Gasteiger partial charge in [-0.05, 0) is 60.1 Å². The highest BCUT2D eigenvalue weighted by molar-refractivity contribution is 6.03. The van der Waals surface area contributed by atoms with E-state index in [-0.39, 0.29) is 12.4 Å². The third-order valence-corrected chi connectivity index (χ3v) is 5.96. The molecule has 1 heterocycles. The average Bonchev–Trinajstić information content (AvgIpc) is 3.61. The molecule has 0 aliphatic heterocycles. The molecule has 1 aliphatic rings. The molecule has 1 fully saturated rings. The molecule has 7 nitrogen and oxygen atoms in total. The molecule has 1 aromatic heterocycles. The van der Waals surface area contributed by atoms with Gasteiger partial charge >= 0.3 is 5.97 Å². The monoisotopic (exact) mass is 440 g/mol. The van der Waals surface area contributed by atoms with Gasteiger partial charge in [-0.1, -0.05) is 53.7 Å². The number of hydrogen-bond donors (Lipinski definition) is 3. The zero-order valence-corrected chi connectivity index (χ0v) is 18.2. The molecule has 0 bridgehead atoms. The summed E-state index contributed by atoms with van der Waals surface area (Å²) in [5, 5.41) is 12.4. The van der Waals surface area contributed by atoms with Gasteiger partial charge in [0.15, 0.2) is 5.84 Å². The molecular formula is C26H24N4O3. The van der Waals surface area contributed by atoms with Crippen molar-refractivity contribution >= 4 is 22.8 Å². The summed E-state index contributed by atoms with van der Waals surface area (Å²) in [6.45, 7) is 2.02. The first-order valence-electron chi connectivity index (χ1n) is 10.9. The number of nitrogens with one attached hydrogen (secondary N) is 1. The van der Waals surface area contributed by atoms with Crippen molar-refractivity contribution in [2.45, 2.75) is 32.3 Å². The molecule has 33 heavy (non-hydrogen) atoms. The van der Waals surface area contributed by atoms with Crippen LogP contribution in [0.15, 0.2) is 65.8 Å². The molecule has 1 aliphatic carbocycles. The van der Waals surface area contributed by atoms with Gasteiger partial charge in [0, 0.05) is 5.56 Å². The van der Waals surface area contributed by atoms with E-state index in [4.69, 9.17) is 10.5 Å². The fourth-order valence-corrected chi connectivity index (χ4v) is 4.22. The van der Waals surface area contributed by atoms with Crippen LogP contribution in [0.3, 0.4) is 0 Å². The Balaban J connectivity index is 1.42. The number of aryl methyl sites for hydroxylation is 1. The molecule has 0 radical (unpaired) electrons. The molecule has 4 aromatic rings. The second-order valence-electron chi connectivity index (χ2n) is 8.33. The molecule has 4 N–H and O–H groups in total. The van der Waals surface area contributed by atoms with Gasteiger partial charge in [-0.2, -0.15) is 0 Å². The van der Waals surface area contributed by atoms with Crippen molar-refractivity contribution in [2.75, 3.05) is 0 Å². The van der Waals surface area contributed by atoms with Gasteiger partial charge in [-0.3, -0.25) is 0 Å². The van der Waals surface area contributed by atoms with Crippen LogP contribution in [0.1, 0.15) is 51.6 Å². The molecule has 0 atom stereocenters. The van der Waals surface area contributed by atoms with E-state index in [1.54, 1.807) is 6.07 Å². The summed E-state index contributed by atoms with van der Waals surface area (Å²) in [7, 11) is 0. The highest BCUT2D eigenvalue weighted by atomic mass is 16.5. The summed E-state index contributed by atoms with van der Waals surface area (Å²) in [6, 6.07) is 19.1. The zero-order chi connectivity index (χ0) is 22.9. The molecule has 5 rings (SSSR count). The number of amidine groups is 1. The SMILES string of the molecule is Cc1nc2c(C(=O)OCc3ccc(-c4ccccc4C(N)=NO)c(C4CC4)c3)cccc2[nH]1. The van der Waals surface area contributed by atoms with Crippen molar-refractivity contribution in [3.8, 4) is 11.1 Å². The van der Waals surface area contributed by atoms with Crippen molar-refractivity contribution in [3.05, 3.63) is 88.7 Å². The normalized spacial score (nSPS) is 13.9. The van der Waals surface area contributed by atoms with E-state index in [9.17, 15) is 10.0 Å². The Morgan fingerprint density at radius 1 is 1.12 bits per heavy atom. The Labute approximate surface area is 190 Å². The van der Waals surface area contributed by atoms with Crippen LogP contribution in [0.5, 0.6) is 0 Å². The highest BCUT2D eigenvalue weighted by Crippen LogP contribution is 2.45. The highest BCUT2D eigenvalue weighted by Gasteiger charge is 2.27. The second kappa shape index (κ2) is 8.43. The zero-order valence-electron chi connectivity index (χ0n) is 18.2. The number of aromatic nitrogens is 2. The summed E-state index contributed by atoms with van der Waals surface area (Å²) >= 11 is 0. The molecule has 0 unspecified atom stereocenters. The van der Waals surface area contributed by atoms with Gasteiger partial charge in [0.1, 0.15) is 17.9 Å². The number of ether oxygens (including phenoxy) is 1. The van der Waals surface area contributed by atoms with Crippen molar-refractivity contribution in [1.82, 2.24) is 9.97 Å². The molecule has 0 spiro atoms. The lowest BCUT2D eigenvalue weighted by molar-refractivity contribution is 0.0475. The van der Waals surface area contributed by atoms with Gasteiger partial charge < -0.3 is 20.7 Å². The number of para-hydroxylation sites is 1. The van der Waals surface area contributed by atoms with Gasteiger partial charge in [0.25, 0.3) is 0 Å². The first-order valence-corrected chi connectivity index (χ1v) is 10.9. The van der Waals surface area contributed by atoms with Gasteiger partial charge in [-0.15, -0.1) is 0 Å².